The number of ether oxygens (including phenoxy) is 2. The summed E-state index contributed by atoms with van der Waals surface area (Å²) in [5.41, 5.74) is 10.0. The van der Waals surface area contributed by atoms with Crippen molar-refractivity contribution in [3.8, 4) is 5.75 Å². The summed E-state index contributed by atoms with van der Waals surface area (Å²) in [6.45, 7) is 7.12. The van der Waals surface area contributed by atoms with Gasteiger partial charge in [-0.2, -0.15) is 0 Å². The Kier molecular flexibility index (Phi) is 5.10. The first-order valence-electron chi connectivity index (χ1n) is 7.22. The topological polar surface area (TPSA) is 44.5 Å². The number of benzene rings is 1. The number of methoxy groups -OCH3 is 1. The predicted octanol–water partition coefficient (Wildman–Crippen LogP) is 3.89. The van der Waals surface area contributed by atoms with Gasteiger partial charge in [0.1, 0.15) is 5.75 Å². The van der Waals surface area contributed by atoms with E-state index >= 15 is 0 Å². The maximum atomic E-state index is 6.60. The van der Waals surface area contributed by atoms with E-state index in [1.165, 1.54) is 5.56 Å². The van der Waals surface area contributed by atoms with Crippen molar-refractivity contribution < 1.29 is 9.47 Å². The molecule has 0 aliphatic carbocycles. The summed E-state index contributed by atoms with van der Waals surface area (Å²) >= 11 is 3.63. The predicted molar refractivity (Wildman–Crippen MR) is 85.2 cm³/mol. The van der Waals surface area contributed by atoms with Crippen molar-refractivity contribution in [1.82, 2.24) is 0 Å². The molecule has 0 aromatic heterocycles. The minimum Gasteiger partial charge on any atom is -0.496 e. The van der Waals surface area contributed by atoms with Crippen LogP contribution < -0.4 is 10.5 Å². The van der Waals surface area contributed by atoms with Crippen LogP contribution in [-0.4, -0.2) is 19.8 Å². The van der Waals surface area contributed by atoms with Crippen molar-refractivity contribution in [2.24, 2.45) is 11.7 Å². The normalized spacial score (nSPS) is 23.9. The largest absolute Gasteiger partial charge is 0.496 e. The lowest BCUT2D eigenvalue weighted by atomic mass is 9.84. The van der Waals surface area contributed by atoms with Crippen LogP contribution in [0.4, 0.5) is 0 Å². The fraction of sp³-hybridized carbons (Fsp3) is 0.625. The van der Waals surface area contributed by atoms with Gasteiger partial charge in [0, 0.05) is 28.6 Å². The summed E-state index contributed by atoms with van der Waals surface area (Å²) in [6.07, 6.45) is 2.29. The van der Waals surface area contributed by atoms with Gasteiger partial charge in [0.25, 0.3) is 0 Å². The Hall–Kier alpha value is -0.580. The van der Waals surface area contributed by atoms with Gasteiger partial charge in [-0.3, -0.25) is 0 Å². The lowest BCUT2D eigenvalue weighted by molar-refractivity contribution is 0.0810. The molecular formula is C16H24BrNO2. The van der Waals surface area contributed by atoms with Crippen molar-refractivity contribution in [1.29, 1.82) is 0 Å². The highest BCUT2D eigenvalue weighted by molar-refractivity contribution is 9.10. The molecule has 2 rings (SSSR count). The molecule has 2 N–H and O–H groups in total. The molecule has 0 amide bonds. The standard InChI is InChI=1S/C16H24BrNO2/c1-5-13-11(6-7-20-13)15(18)14-10(3)12(17)8-9(2)16(14)19-4/h8,11,13,15H,5-7,18H2,1-4H3. The average molecular weight is 342 g/mol. The number of hydrogen-bond donors (Lipinski definition) is 1. The van der Waals surface area contributed by atoms with Gasteiger partial charge in [-0.1, -0.05) is 22.9 Å². The molecule has 1 aliphatic rings. The molecule has 0 saturated carbocycles. The van der Waals surface area contributed by atoms with Crippen molar-refractivity contribution >= 4 is 15.9 Å². The van der Waals surface area contributed by atoms with Gasteiger partial charge in [-0.05, 0) is 43.9 Å². The van der Waals surface area contributed by atoms with Gasteiger partial charge in [0.05, 0.1) is 13.2 Å². The number of halogens is 1. The molecule has 3 atom stereocenters. The molecule has 1 heterocycles. The monoisotopic (exact) mass is 341 g/mol. The summed E-state index contributed by atoms with van der Waals surface area (Å²) in [5.74, 6) is 1.28. The lowest BCUT2D eigenvalue weighted by Crippen LogP contribution is -2.29. The second-order valence-corrected chi connectivity index (χ2v) is 6.40. The third-order valence-corrected chi connectivity index (χ3v) is 5.19. The van der Waals surface area contributed by atoms with Gasteiger partial charge in [0.15, 0.2) is 0 Å². The number of rotatable bonds is 4. The molecule has 1 aromatic rings. The van der Waals surface area contributed by atoms with Gasteiger partial charge in [0.2, 0.25) is 0 Å². The van der Waals surface area contributed by atoms with E-state index in [1.54, 1.807) is 7.11 Å². The Morgan fingerprint density at radius 3 is 2.80 bits per heavy atom. The quantitative estimate of drug-likeness (QED) is 0.903. The SMILES string of the molecule is CCC1OCCC1C(N)c1c(C)c(Br)cc(C)c1OC. The van der Waals surface area contributed by atoms with Crippen molar-refractivity contribution in [3.05, 3.63) is 27.2 Å². The molecule has 1 fully saturated rings. The molecule has 112 valence electrons. The van der Waals surface area contributed by atoms with E-state index in [4.69, 9.17) is 15.2 Å². The van der Waals surface area contributed by atoms with E-state index < -0.39 is 0 Å². The van der Waals surface area contributed by atoms with Gasteiger partial charge >= 0.3 is 0 Å². The highest BCUT2D eigenvalue weighted by atomic mass is 79.9. The van der Waals surface area contributed by atoms with Crippen LogP contribution in [0.1, 0.15) is 42.5 Å². The smallest absolute Gasteiger partial charge is 0.126 e. The highest BCUT2D eigenvalue weighted by Crippen LogP contribution is 2.41. The van der Waals surface area contributed by atoms with E-state index in [-0.39, 0.29) is 12.1 Å². The van der Waals surface area contributed by atoms with Gasteiger partial charge in [-0.15, -0.1) is 0 Å². The second kappa shape index (κ2) is 6.46. The van der Waals surface area contributed by atoms with Gasteiger partial charge in [-0.25, -0.2) is 0 Å². The third kappa shape index (κ3) is 2.74. The summed E-state index contributed by atoms with van der Waals surface area (Å²) in [6, 6.07) is 2.04. The first-order valence-corrected chi connectivity index (χ1v) is 8.01. The van der Waals surface area contributed by atoms with Crippen molar-refractivity contribution in [2.45, 2.75) is 45.8 Å². The van der Waals surface area contributed by atoms with Crippen LogP contribution in [0, 0.1) is 19.8 Å². The van der Waals surface area contributed by atoms with Crippen molar-refractivity contribution in [2.75, 3.05) is 13.7 Å². The van der Waals surface area contributed by atoms with Crippen LogP contribution in [0.25, 0.3) is 0 Å². The summed E-state index contributed by atoms with van der Waals surface area (Å²) in [4.78, 5) is 0. The van der Waals surface area contributed by atoms with Crippen LogP contribution in [0.3, 0.4) is 0 Å². The van der Waals surface area contributed by atoms with Crippen LogP contribution in [0.15, 0.2) is 10.5 Å². The fourth-order valence-electron chi connectivity index (χ4n) is 3.26. The minimum atomic E-state index is -0.0476. The Labute approximate surface area is 130 Å². The molecule has 0 spiro atoms. The molecule has 0 bridgehead atoms. The number of hydrogen-bond acceptors (Lipinski definition) is 3. The maximum Gasteiger partial charge on any atom is 0.126 e. The molecule has 4 heteroatoms. The molecule has 3 unspecified atom stereocenters. The molecule has 0 radical (unpaired) electrons. The lowest BCUT2D eigenvalue weighted by Gasteiger charge is -2.28. The average Bonchev–Trinajstić information content (AvgIpc) is 2.90. The zero-order valence-corrected chi connectivity index (χ0v) is 14.3. The third-order valence-electron chi connectivity index (χ3n) is 4.37. The van der Waals surface area contributed by atoms with Crippen LogP contribution in [-0.2, 0) is 4.74 Å². The molecule has 1 aromatic carbocycles. The van der Waals surface area contributed by atoms with Crippen LogP contribution >= 0.6 is 15.9 Å². The van der Waals surface area contributed by atoms with Crippen LogP contribution in [0.5, 0.6) is 5.75 Å². The number of nitrogens with two attached hydrogens (primary N) is 1. The van der Waals surface area contributed by atoms with E-state index in [2.05, 4.69) is 42.8 Å². The molecular weight excluding hydrogens is 318 g/mol. The molecule has 1 saturated heterocycles. The Balaban J connectivity index is 2.45. The summed E-state index contributed by atoms with van der Waals surface area (Å²) < 4.78 is 12.5. The number of aryl methyl sites for hydroxylation is 1. The van der Waals surface area contributed by atoms with E-state index in [0.29, 0.717) is 5.92 Å². The maximum absolute atomic E-state index is 6.60. The summed E-state index contributed by atoms with van der Waals surface area (Å²) in [5, 5.41) is 0. The molecule has 20 heavy (non-hydrogen) atoms. The second-order valence-electron chi connectivity index (χ2n) is 5.54. The Bertz CT molecular complexity index is 490. The summed E-state index contributed by atoms with van der Waals surface area (Å²) in [7, 11) is 1.72. The first-order chi connectivity index (χ1) is 9.51. The van der Waals surface area contributed by atoms with E-state index in [9.17, 15) is 0 Å². The fourth-order valence-corrected chi connectivity index (χ4v) is 3.82. The van der Waals surface area contributed by atoms with Gasteiger partial charge < -0.3 is 15.2 Å². The van der Waals surface area contributed by atoms with Crippen molar-refractivity contribution in [3.63, 3.8) is 0 Å². The zero-order chi connectivity index (χ0) is 14.9. The van der Waals surface area contributed by atoms with Crippen LogP contribution in [0.2, 0.25) is 0 Å². The minimum absolute atomic E-state index is 0.0476. The Morgan fingerprint density at radius 1 is 1.50 bits per heavy atom. The van der Waals surface area contributed by atoms with E-state index in [1.807, 2.05) is 0 Å². The highest BCUT2D eigenvalue weighted by Gasteiger charge is 2.35. The first kappa shape index (κ1) is 15.8. The molecule has 1 aliphatic heterocycles. The Morgan fingerprint density at radius 2 is 2.20 bits per heavy atom. The zero-order valence-electron chi connectivity index (χ0n) is 12.7. The van der Waals surface area contributed by atoms with E-state index in [0.717, 1.165) is 40.8 Å². The molecule has 3 nitrogen and oxygen atoms in total.